The summed E-state index contributed by atoms with van der Waals surface area (Å²) in [6.07, 6.45) is 1.67. The first-order valence-corrected chi connectivity index (χ1v) is 8.70. The first kappa shape index (κ1) is 17.5. The number of urea groups is 1. The first-order valence-electron chi connectivity index (χ1n) is 7.71. The van der Waals surface area contributed by atoms with Gasteiger partial charge >= 0.3 is 6.03 Å². The molecule has 0 fully saturated rings. The van der Waals surface area contributed by atoms with Gasteiger partial charge in [-0.1, -0.05) is 6.92 Å². The van der Waals surface area contributed by atoms with Crippen molar-refractivity contribution in [1.82, 2.24) is 10.6 Å². The average Bonchev–Trinajstić information content (AvgIpc) is 2.77. The van der Waals surface area contributed by atoms with Crippen LogP contribution >= 0.6 is 11.8 Å². The summed E-state index contributed by atoms with van der Waals surface area (Å²) in [6.45, 7) is 5.12. The van der Waals surface area contributed by atoms with Gasteiger partial charge in [-0.2, -0.15) is 0 Å². The molecule has 23 heavy (non-hydrogen) atoms. The highest BCUT2D eigenvalue weighted by Gasteiger charge is 2.13. The van der Waals surface area contributed by atoms with Gasteiger partial charge in [-0.3, -0.25) is 10.1 Å². The van der Waals surface area contributed by atoms with Crippen LogP contribution in [0.3, 0.4) is 0 Å². The summed E-state index contributed by atoms with van der Waals surface area (Å²) in [4.78, 5) is 24.3. The van der Waals surface area contributed by atoms with E-state index in [4.69, 9.17) is 9.47 Å². The van der Waals surface area contributed by atoms with Crippen molar-refractivity contribution in [3.63, 3.8) is 0 Å². The van der Waals surface area contributed by atoms with Gasteiger partial charge in [0.25, 0.3) is 0 Å². The maximum absolute atomic E-state index is 11.8. The lowest BCUT2D eigenvalue weighted by molar-refractivity contribution is -0.117. The fourth-order valence-corrected chi connectivity index (χ4v) is 2.63. The number of fused-ring (bicyclic) bond motifs is 1. The van der Waals surface area contributed by atoms with Gasteiger partial charge in [0.2, 0.25) is 5.91 Å². The molecule has 0 radical (unpaired) electrons. The second-order valence-corrected chi connectivity index (χ2v) is 6.33. The molecule has 3 amide bonds. The van der Waals surface area contributed by atoms with Gasteiger partial charge < -0.3 is 14.8 Å². The maximum Gasteiger partial charge on any atom is 0.321 e. The van der Waals surface area contributed by atoms with Gasteiger partial charge in [0.1, 0.15) is 0 Å². The standard InChI is InChI=1S/C16H22N2O4S/c1-3-11(2)17-16(20)18-15(19)10-23-12-5-6-13-14(9-12)22-8-4-7-21-13/h5-6,9,11H,3-4,7-8,10H2,1-2H3,(H2,17,18,19,20)/t11-/m1/s1. The molecule has 7 heteroatoms. The summed E-state index contributed by atoms with van der Waals surface area (Å²) in [7, 11) is 0. The number of imide groups is 1. The van der Waals surface area contributed by atoms with Crippen LogP contribution in [0.4, 0.5) is 4.79 Å². The van der Waals surface area contributed by atoms with Crippen LogP contribution in [0, 0.1) is 0 Å². The molecule has 2 rings (SSSR count). The number of carbonyl (C=O) groups is 2. The van der Waals surface area contributed by atoms with Crippen LogP contribution in [0.1, 0.15) is 26.7 Å². The summed E-state index contributed by atoms with van der Waals surface area (Å²) in [5.41, 5.74) is 0. The van der Waals surface area contributed by atoms with E-state index in [1.165, 1.54) is 11.8 Å². The monoisotopic (exact) mass is 338 g/mol. The second-order valence-electron chi connectivity index (χ2n) is 5.28. The molecule has 1 atom stereocenters. The van der Waals surface area contributed by atoms with E-state index in [9.17, 15) is 9.59 Å². The van der Waals surface area contributed by atoms with Crippen molar-refractivity contribution in [3.8, 4) is 11.5 Å². The molecular weight excluding hydrogens is 316 g/mol. The Labute approximate surface area is 140 Å². The third-order valence-corrected chi connectivity index (χ3v) is 4.33. The van der Waals surface area contributed by atoms with Crippen LogP contribution in [0.25, 0.3) is 0 Å². The number of benzene rings is 1. The summed E-state index contributed by atoms with van der Waals surface area (Å²) in [5.74, 6) is 1.25. The molecule has 1 aliphatic heterocycles. The molecule has 1 heterocycles. The lowest BCUT2D eigenvalue weighted by Gasteiger charge is -2.12. The molecule has 0 bridgehead atoms. The Morgan fingerprint density at radius 3 is 2.74 bits per heavy atom. The molecule has 6 nitrogen and oxygen atoms in total. The number of amides is 3. The molecular formula is C16H22N2O4S. The fourth-order valence-electron chi connectivity index (χ4n) is 1.91. The molecule has 126 valence electrons. The van der Waals surface area contributed by atoms with Crippen LogP contribution in [0.15, 0.2) is 23.1 Å². The number of nitrogens with one attached hydrogen (secondary N) is 2. The number of hydrogen-bond acceptors (Lipinski definition) is 5. The predicted octanol–water partition coefficient (Wildman–Crippen LogP) is 2.56. The van der Waals surface area contributed by atoms with Crippen LogP contribution < -0.4 is 20.1 Å². The van der Waals surface area contributed by atoms with E-state index in [1.54, 1.807) is 0 Å². The van der Waals surface area contributed by atoms with Crippen molar-refractivity contribution in [2.45, 2.75) is 37.6 Å². The Hall–Kier alpha value is -1.89. The number of rotatable bonds is 5. The number of carbonyl (C=O) groups excluding carboxylic acids is 2. The number of thioether (sulfide) groups is 1. The Morgan fingerprint density at radius 2 is 2.00 bits per heavy atom. The van der Waals surface area contributed by atoms with Crippen molar-refractivity contribution >= 4 is 23.7 Å². The van der Waals surface area contributed by atoms with Gasteiger partial charge in [0.15, 0.2) is 11.5 Å². The van der Waals surface area contributed by atoms with Crippen LogP contribution in [-0.2, 0) is 4.79 Å². The summed E-state index contributed by atoms with van der Waals surface area (Å²) in [6, 6.07) is 5.17. The van der Waals surface area contributed by atoms with Crippen LogP contribution in [0.2, 0.25) is 0 Å². The largest absolute Gasteiger partial charge is 0.490 e. The molecule has 0 unspecified atom stereocenters. The summed E-state index contributed by atoms with van der Waals surface area (Å²) >= 11 is 1.35. The van der Waals surface area contributed by atoms with E-state index in [1.807, 2.05) is 32.0 Å². The molecule has 1 aliphatic rings. The topological polar surface area (TPSA) is 76.7 Å². The first-order chi connectivity index (χ1) is 11.1. The van der Waals surface area contributed by atoms with Crippen molar-refractivity contribution < 1.29 is 19.1 Å². The smallest absolute Gasteiger partial charge is 0.321 e. The third-order valence-electron chi connectivity index (χ3n) is 3.33. The Kier molecular flexibility index (Phi) is 6.58. The minimum Gasteiger partial charge on any atom is -0.490 e. The lowest BCUT2D eigenvalue weighted by atomic mass is 10.3. The quantitative estimate of drug-likeness (QED) is 0.807. The van der Waals surface area contributed by atoms with Crippen molar-refractivity contribution in [1.29, 1.82) is 0 Å². The molecule has 1 aromatic carbocycles. The van der Waals surface area contributed by atoms with E-state index in [0.717, 1.165) is 23.5 Å². The van der Waals surface area contributed by atoms with Crippen LogP contribution in [0.5, 0.6) is 11.5 Å². The summed E-state index contributed by atoms with van der Waals surface area (Å²) in [5, 5.41) is 5.01. The minimum absolute atomic E-state index is 0.0391. The lowest BCUT2D eigenvalue weighted by Crippen LogP contribution is -2.43. The zero-order valence-electron chi connectivity index (χ0n) is 13.4. The minimum atomic E-state index is -0.455. The van der Waals surface area contributed by atoms with Crippen LogP contribution in [-0.4, -0.2) is 36.9 Å². The van der Waals surface area contributed by atoms with Crippen molar-refractivity contribution in [2.75, 3.05) is 19.0 Å². The fraction of sp³-hybridized carbons (Fsp3) is 0.500. The van der Waals surface area contributed by atoms with Crippen molar-refractivity contribution in [2.24, 2.45) is 0 Å². The Bertz CT molecular complexity index is 565. The van der Waals surface area contributed by atoms with E-state index >= 15 is 0 Å². The highest BCUT2D eigenvalue weighted by molar-refractivity contribution is 8.00. The third kappa shape index (κ3) is 5.67. The molecule has 0 aromatic heterocycles. The zero-order chi connectivity index (χ0) is 16.7. The molecule has 0 saturated carbocycles. The van der Waals surface area contributed by atoms with Crippen molar-refractivity contribution in [3.05, 3.63) is 18.2 Å². The van der Waals surface area contributed by atoms with Gasteiger partial charge in [0.05, 0.1) is 19.0 Å². The van der Waals surface area contributed by atoms with E-state index in [-0.39, 0.29) is 17.7 Å². The van der Waals surface area contributed by atoms with E-state index < -0.39 is 6.03 Å². The highest BCUT2D eigenvalue weighted by Crippen LogP contribution is 2.33. The molecule has 0 aliphatic carbocycles. The maximum atomic E-state index is 11.8. The molecule has 0 saturated heterocycles. The SMILES string of the molecule is CC[C@@H](C)NC(=O)NC(=O)CSc1ccc2c(c1)OCCCO2. The second kappa shape index (κ2) is 8.67. The predicted molar refractivity (Wildman–Crippen MR) is 89.2 cm³/mol. The highest BCUT2D eigenvalue weighted by atomic mass is 32.2. The Balaban J connectivity index is 1.82. The van der Waals surface area contributed by atoms with Gasteiger partial charge in [-0.25, -0.2) is 4.79 Å². The normalized spacial score (nSPS) is 14.5. The van der Waals surface area contributed by atoms with Gasteiger partial charge in [-0.05, 0) is 31.5 Å². The zero-order valence-corrected chi connectivity index (χ0v) is 14.2. The molecule has 2 N–H and O–H groups in total. The number of hydrogen-bond donors (Lipinski definition) is 2. The van der Waals surface area contributed by atoms with E-state index in [2.05, 4.69) is 10.6 Å². The summed E-state index contributed by atoms with van der Waals surface area (Å²) < 4.78 is 11.2. The average molecular weight is 338 g/mol. The molecule has 1 aromatic rings. The van der Waals surface area contributed by atoms with Gasteiger partial charge in [-0.15, -0.1) is 11.8 Å². The number of ether oxygens (including phenoxy) is 2. The molecule has 0 spiro atoms. The van der Waals surface area contributed by atoms with Gasteiger partial charge in [0, 0.05) is 17.4 Å². The Morgan fingerprint density at radius 1 is 1.26 bits per heavy atom. The van der Waals surface area contributed by atoms with E-state index in [0.29, 0.717) is 19.0 Å².